The van der Waals surface area contributed by atoms with Gasteiger partial charge in [-0.05, 0) is 37.0 Å². The molecule has 2 aliphatic rings. The summed E-state index contributed by atoms with van der Waals surface area (Å²) >= 11 is 6.50. The zero-order chi connectivity index (χ0) is 24.4. The minimum absolute atomic E-state index is 0.109. The van der Waals surface area contributed by atoms with Gasteiger partial charge in [0.05, 0.1) is 40.7 Å². The van der Waals surface area contributed by atoms with Crippen molar-refractivity contribution >= 4 is 40.7 Å². The predicted octanol–water partition coefficient (Wildman–Crippen LogP) is 4.79. The van der Waals surface area contributed by atoms with E-state index < -0.39 is 0 Å². The molecule has 5 rings (SSSR count). The molecule has 1 aromatic carbocycles. The molecule has 0 aliphatic carbocycles. The lowest BCUT2D eigenvalue weighted by Gasteiger charge is -2.32. The monoisotopic (exact) mass is 490 g/mol. The van der Waals surface area contributed by atoms with Crippen LogP contribution in [0.15, 0.2) is 48.9 Å². The molecule has 35 heavy (non-hydrogen) atoms. The molecular weight excluding hydrogens is 464 g/mol. The first kappa shape index (κ1) is 23.2. The average molecular weight is 491 g/mol. The van der Waals surface area contributed by atoms with E-state index in [9.17, 15) is 9.59 Å². The number of carbonyl (C=O) groups is 2. The maximum Gasteiger partial charge on any atom is 0.227 e. The highest BCUT2D eigenvalue weighted by Crippen LogP contribution is 2.33. The minimum Gasteiger partial charge on any atom is -0.342 e. The Labute approximate surface area is 209 Å². The van der Waals surface area contributed by atoms with Crippen LogP contribution in [0, 0.1) is 0 Å². The number of likely N-dealkylation sites (tertiary alicyclic amines) is 1. The Morgan fingerprint density at radius 1 is 1.14 bits per heavy atom. The third-order valence-electron chi connectivity index (χ3n) is 6.61. The Hall–Kier alpha value is -3.52. The third kappa shape index (κ3) is 5.12. The quantitative estimate of drug-likeness (QED) is 0.553. The standard InChI is InChI=1S/C26H27ClN6O2/c1-17(34)32-9-3-7-20(16-32)18-5-2-6-19(11-18)25-23(27)15-29-26(31-25)30-21-12-22(14-28-13-21)33-10-4-8-24(33)35/h2,5-6,11-15,20H,3-4,7-10,16H2,1H3,(H,29,30,31). The molecule has 3 aromatic rings. The molecule has 0 radical (unpaired) electrons. The third-order valence-corrected chi connectivity index (χ3v) is 6.88. The Morgan fingerprint density at radius 2 is 2.03 bits per heavy atom. The smallest absolute Gasteiger partial charge is 0.227 e. The zero-order valence-corrected chi connectivity index (χ0v) is 20.3. The fourth-order valence-electron chi connectivity index (χ4n) is 4.80. The average Bonchev–Trinajstić information content (AvgIpc) is 3.31. The van der Waals surface area contributed by atoms with Crippen molar-refractivity contribution in [3.8, 4) is 11.3 Å². The molecule has 1 N–H and O–H groups in total. The van der Waals surface area contributed by atoms with Crippen LogP contribution in [0.4, 0.5) is 17.3 Å². The number of amides is 2. The van der Waals surface area contributed by atoms with E-state index in [1.807, 2.05) is 23.1 Å². The van der Waals surface area contributed by atoms with Crippen molar-refractivity contribution in [1.29, 1.82) is 0 Å². The van der Waals surface area contributed by atoms with E-state index in [0.717, 1.165) is 43.6 Å². The van der Waals surface area contributed by atoms with Crippen LogP contribution in [0.3, 0.4) is 0 Å². The van der Waals surface area contributed by atoms with Gasteiger partial charge in [-0.3, -0.25) is 14.6 Å². The zero-order valence-electron chi connectivity index (χ0n) is 19.6. The number of aromatic nitrogens is 3. The molecule has 2 fully saturated rings. The lowest BCUT2D eigenvalue weighted by molar-refractivity contribution is -0.130. The van der Waals surface area contributed by atoms with Crippen molar-refractivity contribution in [2.24, 2.45) is 0 Å². The molecule has 0 spiro atoms. The molecule has 2 amide bonds. The van der Waals surface area contributed by atoms with Gasteiger partial charge in [0.1, 0.15) is 0 Å². The molecule has 2 saturated heterocycles. The van der Waals surface area contributed by atoms with Gasteiger partial charge in [0, 0.05) is 44.5 Å². The number of piperidine rings is 1. The lowest BCUT2D eigenvalue weighted by atomic mass is 9.89. The summed E-state index contributed by atoms with van der Waals surface area (Å²) in [6.07, 6.45) is 8.39. The molecule has 8 nitrogen and oxygen atoms in total. The van der Waals surface area contributed by atoms with Crippen molar-refractivity contribution < 1.29 is 9.59 Å². The number of carbonyl (C=O) groups excluding carboxylic acids is 2. The number of hydrogen-bond acceptors (Lipinski definition) is 6. The lowest BCUT2D eigenvalue weighted by Crippen LogP contribution is -2.37. The number of halogens is 1. The molecule has 2 aliphatic heterocycles. The molecule has 4 heterocycles. The van der Waals surface area contributed by atoms with E-state index in [-0.39, 0.29) is 17.7 Å². The molecule has 1 atom stereocenters. The number of nitrogens with one attached hydrogen (secondary N) is 1. The first-order valence-corrected chi connectivity index (χ1v) is 12.3. The number of hydrogen-bond donors (Lipinski definition) is 1. The largest absolute Gasteiger partial charge is 0.342 e. The second kappa shape index (κ2) is 10.00. The summed E-state index contributed by atoms with van der Waals surface area (Å²) < 4.78 is 0. The number of rotatable bonds is 5. The minimum atomic E-state index is 0.109. The van der Waals surface area contributed by atoms with Crippen LogP contribution in [0.1, 0.15) is 44.1 Å². The maximum atomic E-state index is 12.1. The van der Waals surface area contributed by atoms with Gasteiger partial charge in [-0.15, -0.1) is 0 Å². The molecule has 0 saturated carbocycles. The van der Waals surface area contributed by atoms with E-state index in [1.54, 1.807) is 30.4 Å². The van der Waals surface area contributed by atoms with Crippen LogP contribution in [0.2, 0.25) is 5.02 Å². The SMILES string of the molecule is CC(=O)N1CCCC(c2cccc(-c3nc(Nc4cncc(N5CCCC5=O)c4)ncc3Cl)c2)C1. The van der Waals surface area contributed by atoms with Gasteiger partial charge in [-0.25, -0.2) is 9.97 Å². The molecular formula is C26H27ClN6O2. The Kier molecular flexibility index (Phi) is 6.63. The first-order chi connectivity index (χ1) is 17.0. The van der Waals surface area contributed by atoms with Gasteiger partial charge in [0.15, 0.2) is 0 Å². The van der Waals surface area contributed by atoms with Crippen molar-refractivity contribution in [2.45, 2.75) is 38.5 Å². The van der Waals surface area contributed by atoms with Crippen LogP contribution >= 0.6 is 11.6 Å². The number of nitrogens with zero attached hydrogens (tertiary/aromatic N) is 5. The van der Waals surface area contributed by atoms with Gasteiger partial charge in [-0.2, -0.15) is 0 Å². The van der Waals surface area contributed by atoms with Crippen LogP contribution < -0.4 is 10.2 Å². The van der Waals surface area contributed by atoms with Crippen LogP contribution in [0.5, 0.6) is 0 Å². The van der Waals surface area contributed by atoms with Gasteiger partial charge < -0.3 is 15.1 Å². The second-order valence-electron chi connectivity index (χ2n) is 9.03. The van der Waals surface area contributed by atoms with E-state index in [0.29, 0.717) is 35.3 Å². The predicted molar refractivity (Wildman–Crippen MR) is 136 cm³/mol. The Bertz CT molecular complexity index is 1270. The summed E-state index contributed by atoms with van der Waals surface area (Å²) in [6.45, 7) is 3.88. The topological polar surface area (TPSA) is 91.3 Å². The molecule has 2 aromatic heterocycles. The van der Waals surface area contributed by atoms with Crippen molar-refractivity contribution in [1.82, 2.24) is 19.9 Å². The molecule has 0 bridgehead atoms. The van der Waals surface area contributed by atoms with E-state index >= 15 is 0 Å². The summed E-state index contributed by atoms with van der Waals surface area (Å²) in [6, 6.07) is 10.1. The molecule has 1 unspecified atom stereocenters. The summed E-state index contributed by atoms with van der Waals surface area (Å²) in [5.41, 5.74) is 4.14. The highest BCUT2D eigenvalue weighted by Gasteiger charge is 2.24. The van der Waals surface area contributed by atoms with Gasteiger partial charge in [-0.1, -0.05) is 29.8 Å². The summed E-state index contributed by atoms with van der Waals surface area (Å²) in [4.78, 5) is 40.9. The number of anilines is 3. The number of pyridine rings is 1. The highest BCUT2D eigenvalue weighted by atomic mass is 35.5. The van der Waals surface area contributed by atoms with E-state index in [1.165, 1.54) is 5.56 Å². The summed E-state index contributed by atoms with van der Waals surface area (Å²) in [7, 11) is 0. The molecule has 180 valence electrons. The van der Waals surface area contributed by atoms with Gasteiger partial charge in [0.2, 0.25) is 17.8 Å². The fourth-order valence-corrected chi connectivity index (χ4v) is 5.00. The maximum absolute atomic E-state index is 12.1. The number of benzene rings is 1. The van der Waals surface area contributed by atoms with Crippen LogP contribution in [0.25, 0.3) is 11.3 Å². The van der Waals surface area contributed by atoms with Gasteiger partial charge in [0.25, 0.3) is 0 Å². The second-order valence-corrected chi connectivity index (χ2v) is 9.43. The highest BCUT2D eigenvalue weighted by molar-refractivity contribution is 6.32. The van der Waals surface area contributed by atoms with Crippen molar-refractivity contribution in [2.75, 3.05) is 29.9 Å². The fraction of sp³-hybridized carbons (Fsp3) is 0.346. The Balaban J connectivity index is 1.38. The molecule has 9 heteroatoms. The van der Waals surface area contributed by atoms with Gasteiger partial charge >= 0.3 is 0 Å². The van der Waals surface area contributed by atoms with Crippen molar-refractivity contribution in [3.63, 3.8) is 0 Å². The summed E-state index contributed by atoms with van der Waals surface area (Å²) in [5.74, 6) is 0.904. The van der Waals surface area contributed by atoms with Crippen LogP contribution in [-0.2, 0) is 9.59 Å². The first-order valence-electron chi connectivity index (χ1n) is 11.9. The normalized spacial score (nSPS) is 18.1. The van der Waals surface area contributed by atoms with E-state index in [2.05, 4.69) is 32.4 Å². The van der Waals surface area contributed by atoms with Crippen LogP contribution in [-0.4, -0.2) is 51.3 Å². The van der Waals surface area contributed by atoms with E-state index in [4.69, 9.17) is 11.6 Å². The Morgan fingerprint density at radius 3 is 2.83 bits per heavy atom. The summed E-state index contributed by atoms with van der Waals surface area (Å²) in [5, 5.41) is 3.65. The van der Waals surface area contributed by atoms with Crippen molar-refractivity contribution in [3.05, 3.63) is 59.5 Å².